The summed E-state index contributed by atoms with van der Waals surface area (Å²) in [6, 6.07) is 3.43. The first-order valence-electron chi connectivity index (χ1n) is 10.2. The van der Waals surface area contributed by atoms with Crippen LogP contribution < -0.4 is 15.5 Å². The number of nitrogens with zero attached hydrogens (tertiary/aromatic N) is 4. The van der Waals surface area contributed by atoms with Gasteiger partial charge in [0.25, 0.3) is 0 Å². The number of hydrogen-bond acceptors (Lipinski definition) is 6. The number of carbonyl (C=O) groups is 1. The summed E-state index contributed by atoms with van der Waals surface area (Å²) in [5.41, 5.74) is 2.22. The van der Waals surface area contributed by atoms with Crippen molar-refractivity contribution in [2.24, 2.45) is 0 Å². The minimum atomic E-state index is -0.874. The Labute approximate surface area is 187 Å². The van der Waals surface area contributed by atoms with Gasteiger partial charge in [0.2, 0.25) is 12.4 Å². The number of benzene rings is 1. The molecule has 0 aliphatic rings. The number of likely N-dealkylation sites (N-methyl/N-ethyl adjacent to an activating group) is 1. The van der Waals surface area contributed by atoms with Crippen LogP contribution in [0.3, 0.4) is 0 Å². The summed E-state index contributed by atoms with van der Waals surface area (Å²) in [7, 11) is 5.59. The van der Waals surface area contributed by atoms with Gasteiger partial charge in [0.15, 0.2) is 5.82 Å². The summed E-state index contributed by atoms with van der Waals surface area (Å²) in [6.07, 6.45) is 2.02. The number of aromatic nitrogens is 2. The van der Waals surface area contributed by atoms with E-state index in [0.717, 1.165) is 28.2 Å². The van der Waals surface area contributed by atoms with E-state index in [1.54, 1.807) is 13.1 Å². The van der Waals surface area contributed by atoms with E-state index < -0.39 is 17.3 Å². The van der Waals surface area contributed by atoms with Crippen LogP contribution in [0.4, 0.5) is 26.2 Å². The number of rotatable bonds is 11. The van der Waals surface area contributed by atoms with Crippen LogP contribution in [0.15, 0.2) is 36.4 Å². The monoisotopic (exact) mass is 444 g/mol. The molecule has 7 nitrogen and oxygen atoms in total. The molecule has 1 aromatic heterocycles. The zero-order valence-corrected chi connectivity index (χ0v) is 19.2. The lowest BCUT2D eigenvalue weighted by Gasteiger charge is -2.24. The molecule has 2 rings (SSSR count). The zero-order chi connectivity index (χ0) is 23.8. The average molecular weight is 445 g/mol. The number of nitrogens with one attached hydrogen (secondary N) is 2. The van der Waals surface area contributed by atoms with Crippen LogP contribution in [0.2, 0.25) is 0 Å². The fraction of sp³-hybridized carbons (Fsp3) is 0.348. The maximum atomic E-state index is 14.6. The van der Waals surface area contributed by atoms with Crippen molar-refractivity contribution in [3.8, 4) is 0 Å². The fourth-order valence-electron chi connectivity index (χ4n) is 3.17. The second-order valence-electron chi connectivity index (χ2n) is 7.62. The molecule has 2 N–H and O–H groups in total. The highest BCUT2D eigenvalue weighted by molar-refractivity contribution is 5.89. The van der Waals surface area contributed by atoms with E-state index >= 15 is 0 Å². The van der Waals surface area contributed by atoms with E-state index in [1.807, 2.05) is 32.8 Å². The van der Waals surface area contributed by atoms with Crippen molar-refractivity contribution >= 4 is 29.4 Å². The molecule has 172 valence electrons. The third-order valence-corrected chi connectivity index (χ3v) is 4.69. The van der Waals surface area contributed by atoms with E-state index in [4.69, 9.17) is 0 Å². The molecule has 0 atom stereocenters. The maximum absolute atomic E-state index is 14.6. The molecular weight excluding hydrogens is 414 g/mol. The smallest absolute Gasteiger partial charge is 0.225 e. The van der Waals surface area contributed by atoms with Crippen molar-refractivity contribution in [2.75, 3.05) is 44.4 Å². The predicted molar refractivity (Wildman–Crippen MR) is 125 cm³/mol. The fourth-order valence-corrected chi connectivity index (χ4v) is 3.17. The van der Waals surface area contributed by atoms with Gasteiger partial charge in [-0.15, -0.1) is 0 Å². The van der Waals surface area contributed by atoms with Crippen molar-refractivity contribution < 1.29 is 13.6 Å². The van der Waals surface area contributed by atoms with E-state index in [0.29, 0.717) is 30.8 Å². The van der Waals surface area contributed by atoms with Gasteiger partial charge >= 0.3 is 0 Å². The summed E-state index contributed by atoms with van der Waals surface area (Å²) >= 11 is 0. The van der Waals surface area contributed by atoms with E-state index in [9.17, 15) is 13.6 Å². The quantitative estimate of drug-likeness (QED) is 0.407. The van der Waals surface area contributed by atoms with Gasteiger partial charge in [0.05, 0.1) is 5.69 Å². The Morgan fingerprint density at radius 1 is 1.19 bits per heavy atom. The number of allylic oxidation sites excluding steroid dienone is 3. The maximum Gasteiger partial charge on any atom is 0.225 e. The van der Waals surface area contributed by atoms with Crippen molar-refractivity contribution in [2.45, 2.75) is 20.4 Å². The van der Waals surface area contributed by atoms with Crippen molar-refractivity contribution in [3.63, 3.8) is 0 Å². The Kier molecular flexibility index (Phi) is 8.98. The molecule has 1 amide bonds. The molecule has 0 spiro atoms. The van der Waals surface area contributed by atoms with Gasteiger partial charge in [-0.2, -0.15) is 4.98 Å². The molecule has 0 unspecified atom stereocenters. The van der Waals surface area contributed by atoms with Gasteiger partial charge in [-0.1, -0.05) is 24.3 Å². The topological polar surface area (TPSA) is 73.4 Å². The first-order chi connectivity index (χ1) is 15.2. The highest BCUT2D eigenvalue weighted by atomic mass is 19.1. The zero-order valence-electron chi connectivity index (χ0n) is 19.2. The van der Waals surface area contributed by atoms with Crippen LogP contribution in [-0.4, -0.2) is 55.5 Å². The van der Waals surface area contributed by atoms with Gasteiger partial charge in [-0.05, 0) is 52.7 Å². The number of halogens is 2. The number of anilines is 3. The van der Waals surface area contributed by atoms with Crippen LogP contribution in [0.1, 0.15) is 25.1 Å². The molecule has 32 heavy (non-hydrogen) atoms. The molecule has 0 aliphatic carbocycles. The minimum absolute atomic E-state index is 0.0799. The third-order valence-electron chi connectivity index (χ3n) is 4.69. The molecule has 0 radical (unpaired) electrons. The first-order valence-corrected chi connectivity index (χ1v) is 10.2. The molecule has 0 fully saturated rings. The molecule has 2 aromatic rings. The van der Waals surface area contributed by atoms with Gasteiger partial charge < -0.3 is 15.5 Å². The lowest BCUT2D eigenvalue weighted by molar-refractivity contribution is -0.106. The minimum Gasteiger partial charge on any atom is -0.353 e. The number of para-hydroxylation sites is 1. The van der Waals surface area contributed by atoms with Gasteiger partial charge in [0, 0.05) is 25.2 Å². The van der Waals surface area contributed by atoms with Crippen LogP contribution in [-0.2, 0) is 11.3 Å². The summed E-state index contributed by atoms with van der Waals surface area (Å²) in [5, 5.41) is 6.16. The van der Waals surface area contributed by atoms with Gasteiger partial charge in [0.1, 0.15) is 17.3 Å². The highest BCUT2D eigenvalue weighted by Gasteiger charge is 2.26. The molecule has 1 aromatic carbocycles. The lowest BCUT2D eigenvalue weighted by atomic mass is 10.0. The summed E-state index contributed by atoms with van der Waals surface area (Å²) in [4.78, 5) is 24.1. The Morgan fingerprint density at radius 3 is 2.34 bits per heavy atom. The second kappa shape index (κ2) is 11.4. The van der Waals surface area contributed by atoms with Gasteiger partial charge in [-0.3, -0.25) is 9.69 Å². The SMILES string of the molecule is C=CC(=C(C)C)c1nc(NCCN(C)C)nc(N(C=O)c2c(F)cccc2F)c1CNC. The highest BCUT2D eigenvalue weighted by Crippen LogP contribution is 2.34. The summed E-state index contributed by atoms with van der Waals surface area (Å²) in [5.74, 6) is -1.43. The van der Waals surface area contributed by atoms with Crippen LogP contribution in [0.5, 0.6) is 0 Å². The van der Waals surface area contributed by atoms with Crippen LogP contribution in [0.25, 0.3) is 5.57 Å². The summed E-state index contributed by atoms with van der Waals surface area (Å²) < 4.78 is 29.2. The standard InChI is InChI=1S/C23H30F2N6O/c1-7-16(15(2)3)20-17(13-26-4)22(29-23(28-20)27-11-12-30(5)6)31(14-32)21-18(24)9-8-10-19(21)25/h7-10,14,26H,1,11-13H2,2-6H3,(H,27,28,29). The number of carbonyl (C=O) groups excluding carboxylic acids is 1. The second-order valence-corrected chi connectivity index (χ2v) is 7.62. The van der Waals surface area contributed by atoms with E-state index in [2.05, 4.69) is 27.2 Å². The Balaban J connectivity index is 2.81. The van der Waals surface area contributed by atoms with Crippen molar-refractivity contribution in [1.29, 1.82) is 0 Å². The molecule has 9 heteroatoms. The normalized spacial score (nSPS) is 10.8. The number of amides is 1. The van der Waals surface area contributed by atoms with Crippen LogP contribution >= 0.6 is 0 Å². The summed E-state index contributed by atoms with van der Waals surface area (Å²) in [6.45, 7) is 9.21. The van der Waals surface area contributed by atoms with E-state index in [-0.39, 0.29) is 18.3 Å². The molecule has 0 saturated heterocycles. The molecule has 0 bridgehead atoms. The van der Waals surface area contributed by atoms with Crippen molar-refractivity contribution in [3.05, 3.63) is 59.3 Å². The van der Waals surface area contributed by atoms with E-state index in [1.165, 1.54) is 6.07 Å². The Morgan fingerprint density at radius 2 is 1.84 bits per heavy atom. The lowest BCUT2D eigenvalue weighted by Crippen LogP contribution is -2.25. The predicted octanol–water partition coefficient (Wildman–Crippen LogP) is 3.72. The molecule has 0 aliphatic heterocycles. The largest absolute Gasteiger partial charge is 0.353 e. The van der Waals surface area contributed by atoms with Gasteiger partial charge in [-0.25, -0.2) is 13.8 Å². The first kappa shape index (κ1) is 25.1. The van der Waals surface area contributed by atoms with Crippen molar-refractivity contribution in [1.82, 2.24) is 20.2 Å². The number of hydrogen-bond donors (Lipinski definition) is 2. The average Bonchev–Trinajstić information content (AvgIpc) is 2.72. The Bertz CT molecular complexity index is 982. The molecule has 1 heterocycles. The Hall–Kier alpha value is -3.17. The third kappa shape index (κ3) is 5.74. The molecular formula is C23H30F2N6O. The molecule has 0 saturated carbocycles. The van der Waals surface area contributed by atoms with Crippen LogP contribution in [0, 0.1) is 11.6 Å².